The fraction of sp³-hybridized carbons (Fsp3) is 0.385. The summed E-state index contributed by atoms with van der Waals surface area (Å²) >= 11 is 3.15. The van der Waals surface area contributed by atoms with E-state index in [4.69, 9.17) is 0 Å². The van der Waals surface area contributed by atoms with Gasteiger partial charge < -0.3 is 10.2 Å². The number of likely N-dealkylation sites (tertiary alicyclic amines) is 1. The average Bonchev–Trinajstić information content (AvgIpc) is 2.88. The lowest BCUT2D eigenvalue weighted by Gasteiger charge is -2.23. The molecule has 1 fully saturated rings. The molecule has 0 aromatic heterocycles. The van der Waals surface area contributed by atoms with Gasteiger partial charge in [0.25, 0.3) is 0 Å². The van der Waals surface area contributed by atoms with Crippen molar-refractivity contribution in [3.05, 3.63) is 30.3 Å². The maximum Gasteiger partial charge on any atom is 0.247 e. The summed E-state index contributed by atoms with van der Waals surface area (Å²) in [5.74, 6) is -0.131. The smallest absolute Gasteiger partial charge is 0.247 e. The molecular formula is C13H15BrN2O2. The van der Waals surface area contributed by atoms with Gasteiger partial charge in [-0.25, -0.2) is 0 Å². The number of hydrogen-bond acceptors (Lipinski definition) is 2. The fourth-order valence-corrected chi connectivity index (χ4v) is 2.48. The average molecular weight is 311 g/mol. The normalized spacial score (nSPS) is 18.7. The van der Waals surface area contributed by atoms with Crippen LogP contribution in [0.1, 0.15) is 12.8 Å². The zero-order chi connectivity index (χ0) is 13.0. The number of alkyl halides is 1. The number of anilines is 1. The van der Waals surface area contributed by atoms with Crippen LogP contribution in [0.2, 0.25) is 0 Å². The number of rotatable bonds is 3. The first kappa shape index (κ1) is 13.1. The zero-order valence-electron chi connectivity index (χ0n) is 9.93. The van der Waals surface area contributed by atoms with Gasteiger partial charge in [-0.05, 0) is 25.0 Å². The van der Waals surface area contributed by atoms with Crippen molar-refractivity contribution in [1.29, 1.82) is 0 Å². The second kappa shape index (κ2) is 6.00. The number of benzene rings is 1. The number of halogens is 1. The molecule has 1 saturated heterocycles. The minimum absolute atomic E-state index is 0.0271. The maximum atomic E-state index is 12.1. The van der Waals surface area contributed by atoms with E-state index in [-0.39, 0.29) is 23.2 Å². The van der Waals surface area contributed by atoms with E-state index in [0.29, 0.717) is 6.54 Å². The highest BCUT2D eigenvalue weighted by Gasteiger charge is 2.33. The lowest BCUT2D eigenvalue weighted by Crippen LogP contribution is -2.43. The molecule has 0 saturated carbocycles. The van der Waals surface area contributed by atoms with E-state index in [1.165, 1.54) is 0 Å². The zero-order valence-corrected chi connectivity index (χ0v) is 11.5. The first-order valence-electron chi connectivity index (χ1n) is 5.93. The number of para-hydroxylation sites is 1. The lowest BCUT2D eigenvalue weighted by molar-refractivity contribution is -0.134. The van der Waals surface area contributed by atoms with Gasteiger partial charge in [-0.1, -0.05) is 34.1 Å². The van der Waals surface area contributed by atoms with E-state index >= 15 is 0 Å². The predicted octanol–water partition coefficient (Wildman–Crippen LogP) is 2.01. The third kappa shape index (κ3) is 2.90. The van der Waals surface area contributed by atoms with Gasteiger partial charge in [-0.3, -0.25) is 9.59 Å². The molecule has 18 heavy (non-hydrogen) atoms. The molecule has 0 aliphatic carbocycles. The van der Waals surface area contributed by atoms with Gasteiger partial charge in [0.1, 0.15) is 6.04 Å². The Morgan fingerprint density at radius 1 is 1.33 bits per heavy atom. The van der Waals surface area contributed by atoms with Crippen molar-refractivity contribution in [1.82, 2.24) is 4.90 Å². The topological polar surface area (TPSA) is 49.4 Å². The summed E-state index contributed by atoms with van der Waals surface area (Å²) < 4.78 is 0. The van der Waals surface area contributed by atoms with E-state index in [2.05, 4.69) is 21.2 Å². The molecule has 1 N–H and O–H groups in total. The highest BCUT2D eigenvalue weighted by atomic mass is 79.9. The SMILES string of the molecule is O=C(Nc1ccccc1)[C@H]1CCCN1C(=O)CBr. The third-order valence-corrected chi connectivity index (χ3v) is 3.51. The van der Waals surface area contributed by atoms with Gasteiger partial charge in [-0.15, -0.1) is 0 Å². The van der Waals surface area contributed by atoms with E-state index in [1.54, 1.807) is 4.90 Å². The van der Waals surface area contributed by atoms with E-state index < -0.39 is 0 Å². The van der Waals surface area contributed by atoms with Crippen LogP contribution in [0.25, 0.3) is 0 Å². The molecule has 4 nitrogen and oxygen atoms in total. The minimum Gasteiger partial charge on any atom is -0.330 e. The summed E-state index contributed by atoms with van der Waals surface area (Å²) in [6.07, 6.45) is 1.61. The van der Waals surface area contributed by atoms with Crippen molar-refractivity contribution in [3.63, 3.8) is 0 Å². The van der Waals surface area contributed by atoms with Gasteiger partial charge in [0.05, 0.1) is 5.33 Å². The summed E-state index contributed by atoms with van der Waals surface area (Å²) in [7, 11) is 0. The molecule has 2 amide bonds. The summed E-state index contributed by atoms with van der Waals surface area (Å²) in [5.41, 5.74) is 0.764. The van der Waals surface area contributed by atoms with E-state index in [1.807, 2.05) is 30.3 Å². The minimum atomic E-state index is -0.338. The second-order valence-corrected chi connectivity index (χ2v) is 4.79. The molecule has 1 heterocycles. The molecule has 1 aliphatic rings. The van der Waals surface area contributed by atoms with Gasteiger partial charge in [0, 0.05) is 12.2 Å². The van der Waals surface area contributed by atoms with Crippen molar-refractivity contribution >= 4 is 33.4 Å². The van der Waals surface area contributed by atoms with Crippen LogP contribution in [0.3, 0.4) is 0 Å². The molecule has 0 unspecified atom stereocenters. The van der Waals surface area contributed by atoms with E-state index in [9.17, 15) is 9.59 Å². The summed E-state index contributed by atoms with van der Waals surface area (Å²) in [6, 6.07) is 8.96. The van der Waals surface area contributed by atoms with Gasteiger partial charge in [0.15, 0.2) is 0 Å². The molecule has 5 heteroatoms. The third-order valence-electron chi connectivity index (χ3n) is 3.03. The number of nitrogens with zero attached hydrogens (tertiary/aromatic N) is 1. The summed E-state index contributed by atoms with van der Waals surface area (Å²) in [5, 5.41) is 3.11. The largest absolute Gasteiger partial charge is 0.330 e. The summed E-state index contributed by atoms with van der Waals surface area (Å²) in [4.78, 5) is 25.5. The fourth-order valence-electron chi connectivity index (χ4n) is 2.16. The number of carbonyl (C=O) groups is 2. The van der Waals surface area contributed by atoms with Gasteiger partial charge in [-0.2, -0.15) is 0 Å². The molecule has 2 rings (SSSR count). The van der Waals surface area contributed by atoms with Crippen LogP contribution >= 0.6 is 15.9 Å². The number of hydrogen-bond donors (Lipinski definition) is 1. The molecule has 1 aliphatic heterocycles. The Bertz CT molecular complexity index is 436. The molecular weight excluding hydrogens is 296 g/mol. The van der Waals surface area contributed by atoms with Crippen LogP contribution in [0.15, 0.2) is 30.3 Å². The standard InChI is InChI=1S/C13H15BrN2O2/c14-9-12(17)16-8-4-7-11(16)13(18)15-10-5-2-1-3-6-10/h1-3,5-6,11H,4,7-9H2,(H,15,18)/t11-/m1/s1. The highest BCUT2D eigenvalue weighted by molar-refractivity contribution is 9.09. The Labute approximate surface area is 114 Å². The second-order valence-electron chi connectivity index (χ2n) is 4.23. The van der Waals surface area contributed by atoms with Crippen molar-refractivity contribution in [2.45, 2.75) is 18.9 Å². The Kier molecular flexibility index (Phi) is 4.36. The molecule has 1 aromatic carbocycles. The molecule has 0 bridgehead atoms. The van der Waals surface area contributed by atoms with Crippen LogP contribution in [-0.4, -0.2) is 34.6 Å². The first-order chi connectivity index (χ1) is 8.72. The van der Waals surface area contributed by atoms with Gasteiger partial charge in [0.2, 0.25) is 11.8 Å². The van der Waals surface area contributed by atoms with Crippen LogP contribution < -0.4 is 5.32 Å². The Morgan fingerprint density at radius 2 is 2.06 bits per heavy atom. The van der Waals surface area contributed by atoms with E-state index in [0.717, 1.165) is 18.5 Å². The monoisotopic (exact) mass is 310 g/mol. The Hall–Kier alpha value is -1.36. The quantitative estimate of drug-likeness (QED) is 0.868. The first-order valence-corrected chi connectivity index (χ1v) is 7.06. The van der Waals surface area contributed by atoms with Crippen LogP contribution in [0.5, 0.6) is 0 Å². The van der Waals surface area contributed by atoms with Crippen LogP contribution in [-0.2, 0) is 9.59 Å². The molecule has 0 spiro atoms. The molecule has 0 radical (unpaired) electrons. The van der Waals surface area contributed by atoms with Crippen molar-refractivity contribution in [3.8, 4) is 0 Å². The Morgan fingerprint density at radius 3 is 2.72 bits per heavy atom. The molecule has 1 atom stereocenters. The summed E-state index contributed by atoms with van der Waals surface area (Å²) in [6.45, 7) is 0.664. The van der Waals surface area contributed by atoms with Crippen molar-refractivity contribution < 1.29 is 9.59 Å². The maximum absolute atomic E-state index is 12.1. The van der Waals surface area contributed by atoms with Crippen molar-refractivity contribution in [2.75, 3.05) is 17.2 Å². The highest BCUT2D eigenvalue weighted by Crippen LogP contribution is 2.19. The van der Waals surface area contributed by atoms with Crippen molar-refractivity contribution in [2.24, 2.45) is 0 Å². The Balaban J connectivity index is 2.02. The van der Waals surface area contributed by atoms with Crippen LogP contribution in [0, 0.1) is 0 Å². The predicted molar refractivity (Wildman–Crippen MR) is 73.6 cm³/mol. The van der Waals surface area contributed by atoms with Gasteiger partial charge >= 0.3 is 0 Å². The lowest BCUT2D eigenvalue weighted by atomic mass is 10.2. The van der Waals surface area contributed by atoms with Crippen LogP contribution in [0.4, 0.5) is 5.69 Å². The number of nitrogens with one attached hydrogen (secondary N) is 1. The number of carbonyl (C=O) groups excluding carboxylic acids is 2. The molecule has 1 aromatic rings. The number of amides is 2. The molecule has 96 valence electrons.